The number of esters is 2. The van der Waals surface area contributed by atoms with E-state index in [4.69, 9.17) is 23.4 Å². The molecule has 2 bridgehead atoms. The normalized spacial score (nSPS) is 23.7. The number of benzene rings is 4. The molecule has 9 nitrogen and oxygen atoms in total. The third kappa shape index (κ3) is 8.70. The van der Waals surface area contributed by atoms with Gasteiger partial charge in [-0.15, -0.1) is 0 Å². The highest BCUT2D eigenvalue weighted by molar-refractivity contribution is 5.90. The van der Waals surface area contributed by atoms with Crippen LogP contribution in [0.4, 0.5) is 0 Å². The van der Waals surface area contributed by atoms with E-state index in [0.29, 0.717) is 59.3 Å². The lowest BCUT2D eigenvalue weighted by atomic mass is 9.68. The molecule has 1 N–H and O–H groups in total. The van der Waals surface area contributed by atoms with Crippen LogP contribution in [0.3, 0.4) is 0 Å². The van der Waals surface area contributed by atoms with Crippen molar-refractivity contribution in [3.63, 3.8) is 0 Å². The van der Waals surface area contributed by atoms with Gasteiger partial charge in [0.2, 0.25) is 0 Å². The molecule has 1 fully saturated rings. The predicted octanol–water partition coefficient (Wildman–Crippen LogP) is 9.25. The van der Waals surface area contributed by atoms with E-state index in [9.17, 15) is 19.5 Å². The summed E-state index contributed by atoms with van der Waals surface area (Å²) >= 11 is 0. The van der Waals surface area contributed by atoms with Gasteiger partial charge in [0.25, 0.3) is 0 Å². The highest BCUT2D eigenvalue weighted by Crippen LogP contribution is 2.49. The van der Waals surface area contributed by atoms with Crippen LogP contribution in [-0.2, 0) is 43.1 Å². The Bertz CT molecular complexity index is 2450. The molecule has 3 aliphatic heterocycles. The summed E-state index contributed by atoms with van der Waals surface area (Å²) in [6.45, 7) is 5.31. The Morgan fingerprint density at radius 3 is 2.40 bits per heavy atom. The van der Waals surface area contributed by atoms with Gasteiger partial charge in [0.1, 0.15) is 16.9 Å². The second kappa shape index (κ2) is 17.6. The Balaban J connectivity index is 1.19. The maximum Gasteiger partial charge on any atom is 0.339 e. The first kappa shape index (κ1) is 41.2. The number of aliphatic hydroxyl groups excluding tert-OH is 1. The third-order valence-electron chi connectivity index (χ3n) is 12.8. The average Bonchev–Trinajstić information content (AvgIpc) is 3.24. The fourth-order valence-electron chi connectivity index (χ4n) is 9.55. The standard InChI is InChI=1S/C51H54O9/c1-31(30-52)41-20-15-32-13-16-35(17-14-32)42-21-18-37(36-12-8-11-34(26-36)25-33-9-6-5-7-10-33)27-40(42)29-44(53)57-47-45-43(60-51(2,3)48(47)59-50(41)55)22-19-38-28-39(23-24-56-4)49(54)58-46(38)45/h5-14,16-17,19,22,26,28,37,40,42,47-48,52H,15,18,20-21,23-25,27,29-30H2,1-4H3/b41-31-/t37-,40+,42-,47-,48+/m1/s1. The predicted molar refractivity (Wildman–Crippen MR) is 229 cm³/mol. The molecule has 0 saturated heterocycles. The van der Waals surface area contributed by atoms with Crippen molar-refractivity contribution in [1.82, 2.24) is 0 Å². The summed E-state index contributed by atoms with van der Waals surface area (Å²) in [7, 11) is 1.57. The summed E-state index contributed by atoms with van der Waals surface area (Å²) < 4.78 is 30.8. The van der Waals surface area contributed by atoms with E-state index in [2.05, 4.69) is 72.8 Å². The molecule has 4 aromatic carbocycles. The fraction of sp³-hybridized carbons (Fsp3) is 0.392. The van der Waals surface area contributed by atoms with Crippen LogP contribution in [0.15, 0.2) is 117 Å². The van der Waals surface area contributed by atoms with Crippen molar-refractivity contribution >= 4 is 22.9 Å². The van der Waals surface area contributed by atoms with E-state index in [1.807, 2.05) is 12.1 Å². The Labute approximate surface area is 351 Å². The van der Waals surface area contributed by atoms with Crippen LogP contribution in [-0.4, -0.2) is 49.1 Å². The number of ether oxygens (including phenoxy) is 4. The molecule has 4 heterocycles. The Morgan fingerprint density at radius 2 is 1.63 bits per heavy atom. The van der Waals surface area contributed by atoms with Crippen molar-refractivity contribution in [1.29, 1.82) is 0 Å². The molecule has 1 aliphatic carbocycles. The van der Waals surface area contributed by atoms with E-state index < -0.39 is 35.4 Å². The Hall–Kier alpha value is -5.51. The monoisotopic (exact) mass is 810 g/mol. The zero-order chi connectivity index (χ0) is 42.0. The van der Waals surface area contributed by atoms with Crippen molar-refractivity contribution in [2.75, 3.05) is 20.3 Å². The van der Waals surface area contributed by atoms with Crippen molar-refractivity contribution < 1.29 is 38.1 Å². The van der Waals surface area contributed by atoms with Crippen LogP contribution < -0.4 is 10.4 Å². The van der Waals surface area contributed by atoms with Gasteiger partial charge < -0.3 is 28.5 Å². The van der Waals surface area contributed by atoms with E-state index in [0.717, 1.165) is 31.2 Å². The highest BCUT2D eigenvalue weighted by atomic mass is 16.6. The minimum absolute atomic E-state index is 0.0448. The maximum atomic E-state index is 14.7. The van der Waals surface area contributed by atoms with Gasteiger partial charge in [0, 0.05) is 36.5 Å². The van der Waals surface area contributed by atoms with Gasteiger partial charge in [0.05, 0.1) is 18.8 Å². The van der Waals surface area contributed by atoms with Gasteiger partial charge >= 0.3 is 17.6 Å². The first-order valence-corrected chi connectivity index (χ1v) is 21.2. The largest absolute Gasteiger partial charge is 0.483 e. The van der Waals surface area contributed by atoms with E-state index >= 15 is 0 Å². The molecule has 1 saturated carbocycles. The molecule has 9 rings (SSSR count). The number of fused-ring (bicyclic) bond motifs is 11. The van der Waals surface area contributed by atoms with E-state index in [-0.39, 0.29) is 36.4 Å². The minimum Gasteiger partial charge on any atom is -0.483 e. The molecular formula is C51H54O9. The van der Waals surface area contributed by atoms with Crippen LogP contribution >= 0.6 is 0 Å². The number of carbonyl (C=O) groups is 2. The SMILES string of the molecule is COCCc1cc2ccc3c(c2oc1=O)[C@H]1OC(=O)C[C@@H]2C[C@H](c4cccc(Cc5ccccc5)c4)CC[C@@H]2c2ccc(cc2)CC/C(=C(\C)CO)C(=O)O[C@@H]1C(C)(C)O3. The Morgan fingerprint density at radius 1 is 0.850 bits per heavy atom. The van der Waals surface area contributed by atoms with Crippen molar-refractivity contribution in [2.24, 2.45) is 5.92 Å². The molecule has 60 heavy (non-hydrogen) atoms. The molecule has 0 amide bonds. The lowest BCUT2D eigenvalue weighted by molar-refractivity contribution is -0.188. The van der Waals surface area contributed by atoms with Gasteiger partial charge in [-0.05, 0) is 129 Å². The lowest BCUT2D eigenvalue weighted by Crippen LogP contribution is -2.52. The molecule has 0 radical (unpaired) electrons. The third-order valence-corrected chi connectivity index (χ3v) is 12.8. The van der Waals surface area contributed by atoms with E-state index in [1.165, 1.54) is 22.3 Å². The summed E-state index contributed by atoms with van der Waals surface area (Å²) in [4.78, 5) is 42.4. The van der Waals surface area contributed by atoms with Gasteiger partial charge in [-0.1, -0.05) is 78.9 Å². The molecule has 4 aliphatic rings. The topological polar surface area (TPSA) is 122 Å². The number of carbonyl (C=O) groups excluding carboxylic acids is 2. The van der Waals surface area contributed by atoms with Crippen molar-refractivity contribution in [3.05, 3.63) is 158 Å². The summed E-state index contributed by atoms with van der Waals surface area (Å²) in [6, 6.07) is 33.2. The minimum atomic E-state index is -1.18. The lowest BCUT2D eigenvalue weighted by Gasteiger charge is -2.43. The summed E-state index contributed by atoms with van der Waals surface area (Å²) in [5.41, 5.74) is 6.14. The van der Waals surface area contributed by atoms with Crippen LogP contribution in [0.1, 0.15) is 110 Å². The zero-order valence-corrected chi connectivity index (χ0v) is 34.9. The number of aryl methyl sites for hydroxylation is 1. The van der Waals surface area contributed by atoms with Crippen molar-refractivity contribution in [3.8, 4) is 5.75 Å². The zero-order valence-electron chi connectivity index (χ0n) is 34.9. The summed E-state index contributed by atoms with van der Waals surface area (Å²) in [5.74, 6) is -0.387. The Kier molecular flexibility index (Phi) is 12.1. The number of hydrogen-bond acceptors (Lipinski definition) is 9. The second-order valence-electron chi connectivity index (χ2n) is 17.3. The molecule has 0 spiro atoms. The molecule has 5 atom stereocenters. The van der Waals surface area contributed by atoms with Crippen LogP contribution in [0.25, 0.3) is 11.0 Å². The number of rotatable bonds is 7. The van der Waals surface area contributed by atoms with Gasteiger partial charge in [0.15, 0.2) is 12.2 Å². The van der Waals surface area contributed by atoms with E-state index in [1.54, 1.807) is 40.0 Å². The van der Waals surface area contributed by atoms with Crippen LogP contribution in [0.5, 0.6) is 5.75 Å². The average molecular weight is 811 g/mol. The summed E-state index contributed by atoms with van der Waals surface area (Å²) in [5, 5.41) is 10.8. The summed E-state index contributed by atoms with van der Waals surface area (Å²) in [6.07, 6.45) is 2.60. The first-order valence-electron chi connectivity index (χ1n) is 21.2. The number of hydrogen-bond donors (Lipinski definition) is 1. The van der Waals surface area contributed by atoms with Gasteiger partial charge in [-0.3, -0.25) is 4.79 Å². The molecule has 0 unspecified atom stereocenters. The number of methoxy groups -OCH3 is 1. The van der Waals surface area contributed by atoms with Crippen molar-refractivity contribution in [2.45, 2.75) is 102 Å². The fourth-order valence-corrected chi connectivity index (χ4v) is 9.55. The molecule has 1 aromatic heterocycles. The first-order chi connectivity index (χ1) is 29.0. The van der Waals surface area contributed by atoms with Crippen LogP contribution in [0, 0.1) is 5.92 Å². The van der Waals surface area contributed by atoms with Gasteiger partial charge in [-0.2, -0.15) is 0 Å². The van der Waals surface area contributed by atoms with Crippen LogP contribution in [0.2, 0.25) is 0 Å². The maximum absolute atomic E-state index is 14.7. The quantitative estimate of drug-likeness (QED) is 0.0974. The molecule has 9 heteroatoms. The van der Waals surface area contributed by atoms with Gasteiger partial charge in [-0.25, -0.2) is 9.59 Å². The highest BCUT2D eigenvalue weighted by Gasteiger charge is 2.51. The smallest absolute Gasteiger partial charge is 0.339 e. The molecular weight excluding hydrogens is 757 g/mol. The molecule has 5 aromatic rings. The second-order valence-corrected chi connectivity index (χ2v) is 17.3. The number of aliphatic hydroxyl groups is 1. The molecule has 312 valence electrons.